The third kappa shape index (κ3) is 2.51. The molecule has 0 saturated carbocycles. The molecule has 0 radical (unpaired) electrons. The Balaban J connectivity index is 2.46. The van der Waals surface area contributed by atoms with Gasteiger partial charge in [-0.15, -0.1) is 0 Å². The number of carbonyl (C=O) groups excluding carboxylic acids is 1. The van der Waals surface area contributed by atoms with Crippen LogP contribution in [-0.2, 0) is 4.79 Å². The van der Waals surface area contributed by atoms with Crippen LogP contribution in [0.4, 0.5) is 0 Å². The highest BCUT2D eigenvalue weighted by Gasteiger charge is 2.32. The molecule has 0 aliphatic carbocycles. The van der Waals surface area contributed by atoms with Crippen molar-refractivity contribution in [2.45, 2.75) is 45.3 Å². The maximum absolute atomic E-state index is 11.7. The summed E-state index contributed by atoms with van der Waals surface area (Å²) in [5, 5.41) is 12.5. The topological polar surface area (TPSA) is 49.3 Å². The molecule has 0 aromatic heterocycles. The van der Waals surface area contributed by atoms with Gasteiger partial charge in [0.1, 0.15) is 0 Å². The first-order valence-corrected chi connectivity index (χ1v) is 5.12. The summed E-state index contributed by atoms with van der Waals surface area (Å²) in [6, 6.07) is -0.304. The maximum atomic E-state index is 11.7. The predicted octanol–water partition coefficient (Wildman–Crippen LogP) is 0.714. The van der Waals surface area contributed by atoms with Crippen LogP contribution in [0.2, 0.25) is 0 Å². The molecule has 1 fully saturated rings. The van der Waals surface area contributed by atoms with Gasteiger partial charge in [0.15, 0.2) is 5.78 Å². The molecule has 1 heterocycles. The van der Waals surface area contributed by atoms with Gasteiger partial charge >= 0.3 is 0 Å². The maximum Gasteiger partial charge on any atom is 0.155 e. The van der Waals surface area contributed by atoms with E-state index in [1.807, 2.05) is 6.92 Å². The highest BCUT2D eigenvalue weighted by Crippen LogP contribution is 2.15. The van der Waals surface area contributed by atoms with Crippen LogP contribution in [0.25, 0.3) is 0 Å². The first-order chi connectivity index (χ1) is 6.16. The number of hydrogen-bond acceptors (Lipinski definition) is 3. The summed E-state index contributed by atoms with van der Waals surface area (Å²) in [6.45, 7) is 4.78. The second-order valence-electron chi connectivity index (χ2n) is 3.88. The molecule has 1 rings (SSSR count). The van der Waals surface area contributed by atoms with Gasteiger partial charge < -0.3 is 10.4 Å². The van der Waals surface area contributed by atoms with Gasteiger partial charge in [-0.25, -0.2) is 0 Å². The molecular formula is C10H19NO2. The average molecular weight is 185 g/mol. The molecule has 0 bridgehead atoms. The van der Waals surface area contributed by atoms with Gasteiger partial charge in [-0.2, -0.15) is 0 Å². The Hall–Kier alpha value is -0.410. The molecule has 0 amide bonds. The lowest BCUT2D eigenvalue weighted by Gasteiger charge is -2.17. The lowest BCUT2D eigenvalue weighted by atomic mass is 9.94. The smallest absolute Gasteiger partial charge is 0.155 e. The van der Waals surface area contributed by atoms with Crippen molar-refractivity contribution in [2.24, 2.45) is 5.92 Å². The van der Waals surface area contributed by atoms with Gasteiger partial charge in [0.2, 0.25) is 0 Å². The molecule has 2 N–H and O–H groups in total. The zero-order valence-electron chi connectivity index (χ0n) is 8.42. The van der Waals surface area contributed by atoms with Gasteiger partial charge in [0, 0.05) is 5.92 Å². The van der Waals surface area contributed by atoms with E-state index in [9.17, 15) is 9.90 Å². The number of ketones is 1. The van der Waals surface area contributed by atoms with Crippen LogP contribution in [0.1, 0.15) is 33.1 Å². The van der Waals surface area contributed by atoms with Crippen molar-refractivity contribution >= 4 is 5.78 Å². The predicted molar refractivity (Wildman–Crippen MR) is 51.5 cm³/mol. The first-order valence-electron chi connectivity index (χ1n) is 5.12. The lowest BCUT2D eigenvalue weighted by molar-refractivity contribution is -0.126. The van der Waals surface area contributed by atoms with E-state index in [0.717, 1.165) is 19.4 Å². The van der Waals surface area contributed by atoms with Crippen LogP contribution in [0.5, 0.6) is 0 Å². The zero-order chi connectivity index (χ0) is 9.84. The molecule has 0 aromatic carbocycles. The van der Waals surface area contributed by atoms with Gasteiger partial charge in [0.25, 0.3) is 0 Å². The molecule has 1 aliphatic rings. The van der Waals surface area contributed by atoms with E-state index in [2.05, 4.69) is 12.2 Å². The van der Waals surface area contributed by atoms with Crippen LogP contribution in [0.15, 0.2) is 0 Å². The molecular weight excluding hydrogens is 166 g/mol. The standard InChI is InChI=1S/C10H19NO2/c1-3-4-7(2)10(13)9-8(12)5-6-11-9/h7-9,11-12H,3-6H2,1-2H3/t7?,8-,9+/m1/s1. The minimum Gasteiger partial charge on any atom is -0.391 e. The number of aliphatic hydroxyl groups excluding tert-OH is 1. The number of hydrogen-bond donors (Lipinski definition) is 2. The molecule has 3 nitrogen and oxygen atoms in total. The van der Waals surface area contributed by atoms with Crippen molar-refractivity contribution in [3.63, 3.8) is 0 Å². The monoisotopic (exact) mass is 185 g/mol. The van der Waals surface area contributed by atoms with Crippen LogP contribution in [0.3, 0.4) is 0 Å². The Bertz CT molecular complexity index is 182. The van der Waals surface area contributed by atoms with Crippen molar-refractivity contribution < 1.29 is 9.90 Å². The summed E-state index contributed by atoms with van der Waals surface area (Å²) in [4.78, 5) is 11.7. The van der Waals surface area contributed by atoms with Gasteiger partial charge in [-0.1, -0.05) is 20.3 Å². The molecule has 3 atom stereocenters. The van der Waals surface area contributed by atoms with E-state index in [4.69, 9.17) is 0 Å². The Kier molecular flexibility index (Phi) is 3.88. The fourth-order valence-corrected chi connectivity index (χ4v) is 1.86. The summed E-state index contributed by atoms with van der Waals surface area (Å²) in [5.41, 5.74) is 0. The summed E-state index contributed by atoms with van der Waals surface area (Å²) in [6.07, 6.45) is 2.18. The number of Topliss-reactive ketones (excluding diaryl/α,β-unsaturated/α-hetero) is 1. The SMILES string of the molecule is CCCC(C)C(=O)[C@H]1NCC[C@H]1O. The van der Waals surface area contributed by atoms with Gasteiger partial charge in [0.05, 0.1) is 12.1 Å². The molecule has 1 saturated heterocycles. The second kappa shape index (κ2) is 4.72. The largest absolute Gasteiger partial charge is 0.391 e. The average Bonchev–Trinajstić information content (AvgIpc) is 2.50. The van der Waals surface area contributed by atoms with E-state index in [-0.39, 0.29) is 17.7 Å². The van der Waals surface area contributed by atoms with Gasteiger partial charge in [-0.05, 0) is 19.4 Å². The molecule has 76 valence electrons. The Morgan fingerprint density at radius 2 is 2.38 bits per heavy atom. The van der Waals surface area contributed by atoms with E-state index >= 15 is 0 Å². The van der Waals surface area contributed by atoms with Crippen LogP contribution in [-0.4, -0.2) is 29.6 Å². The minimum atomic E-state index is -0.466. The van der Waals surface area contributed by atoms with Crippen molar-refractivity contribution in [3.05, 3.63) is 0 Å². The third-order valence-corrected chi connectivity index (χ3v) is 2.70. The summed E-state index contributed by atoms with van der Waals surface area (Å²) >= 11 is 0. The summed E-state index contributed by atoms with van der Waals surface area (Å²) < 4.78 is 0. The highest BCUT2D eigenvalue weighted by atomic mass is 16.3. The van der Waals surface area contributed by atoms with Crippen LogP contribution >= 0.6 is 0 Å². The van der Waals surface area contributed by atoms with Crippen molar-refractivity contribution in [2.75, 3.05) is 6.54 Å². The fraction of sp³-hybridized carbons (Fsp3) is 0.900. The van der Waals surface area contributed by atoms with Crippen molar-refractivity contribution in [1.29, 1.82) is 0 Å². The molecule has 1 aliphatic heterocycles. The van der Waals surface area contributed by atoms with Crippen LogP contribution < -0.4 is 5.32 Å². The highest BCUT2D eigenvalue weighted by molar-refractivity contribution is 5.86. The van der Waals surface area contributed by atoms with E-state index in [1.165, 1.54) is 0 Å². The number of aliphatic hydroxyl groups is 1. The Labute approximate surface area is 79.5 Å². The van der Waals surface area contributed by atoms with E-state index in [0.29, 0.717) is 6.42 Å². The molecule has 1 unspecified atom stereocenters. The zero-order valence-corrected chi connectivity index (χ0v) is 8.42. The second-order valence-corrected chi connectivity index (χ2v) is 3.88. The Morgan fingerprint density at radius 3 is 2.85 bits per heavy atom. The number of rotatable bonds is 4. The van der Waals surface area contributed by atoms with Crippen molar-refractivity contribution in [3.8, 4) is 0 Å². The lowest BCUT2D eigenvalue weighted by Crippen LogP contribution is -2.41. The molecule has 3 heteroatoms. The normalized spacial score (nSPS) is 30.4. The minimum absolute atomic E-state index is 0.0789. The number of carbonyl (C=O) groups is 1. The van der Waals surface area contributed by atoms with E-state index in [1.54, 1.807) is 0 Å². The third-order valence-electron chi connectivity index (χ3n) is 2.70. The quantitative estimate of drug-likeness (QED) is 0.678. The first kappa shape index (κ1) is 10.7. The molecule has 13 heavy (non-hydrogen) atoms. The molecule has 0 spiro atoms. The number of nitrogens with one attached hydrogen (secondary N) is 1. The van der Waals surface area contributed by atoms with Crippen molar-refractivity contribution in [1.82, 2.24) is 5.32 Å². The van der Waals surface area contributed by atoms with E-state index < -0.39 is 6.10 Å². The Morgan fingerprint density at radius 1 is 1.69 bits per heavy atom. The summed E-state index contributed by atoms with van der Waals surface area (Å²) in [7, 11) is 0. The van der Waals surface area contributed by atoms with Crippen LogP contribution in [0, 0.1) is 5.92 Å². The fourth-order valence-electron chi connectivity index (χ4n) is 1.86. The van der Waals surface area contributed by atoms with Gasteiger partial charge in [-0.3, -0.25) is 4.79 Å². The summed E-state index contributed by atoms with van der Waals surface area (Å²) in [5.74, 6) is 0.252. The molecule has 0 aromatic rings.